The molecule has 1 aromatic heterocycles. The second-order valence-corrected chi connectivity index (χ2v) is 10.3. The first kappa shape index (κ1) is 21.0. The van der Waals surface area contributed by atoms with E-state index in [9.17, 15) is 5.53 Å². The maximum atomic E-state index is 10.2. The largest absolute Gasteiger partial charge is 0.361 e. The van der Waals surface area contributed by atoms with Gasteiger partial charge in [-0.15, -0.1) is 0 Å². The molecule has 31 heavy (non-hydrogen) atoms. The normalized spacial score (nSPS) is 12.2. The quantitative estimate of drug-likeness (QED) is 0.152. The Morgan fingerprint density at radius 3 is 1.61 bits per heavy atom. The minimum Gasteiger partial charge on any atom is -0.361 e. The van der Waals surface area contributed by atoms with E-state index in [1.165, 1.54) is 11.1 Å². The van der Waals surface area contributed by atoms with Crippen LogP contribution in [0.4, 0.5) is 0 Å². The summed E-state index contributed by atoms with van der Waals surface area (Å²) in [5.41, 5.74) is 16.8. The van der Waals surface area contributed by atoms with E-state index in [4.69, 9.17) is 4.98 Å². The molecule has 0 saturated heterocycles. The van der Waals surface area contributed by atoms with Crippen LogP contribution in [0.3, 0.4) is 0 Å². The van der Waals surface area contributed by atoms with E-state index in [0.29, 0.717) is 5.71 Å². The van der Waals surface area contributed by atoms with Gasteiger partial charge in [-0.05, 0) is 58.4 Å². The Balaban J connectivity index is 2.18. The topological polar surface area (TPSA) is 49.3 Å². The average Bonchev–Trinajstić information content (AvgIpc) is 2.72. The monoisotopic (exact) mass is 407 g/mol. The van der Waals surface area contributed by atoms with E-state index < -0.39 is 0 Å². The van der Waals surface area contributed by atoms with Crippen molar-refractivity contribution < 1.29 is 4.79 Å². The minimum absolute atomic E-state index is 0.00303. The zero-order valence-corrected chi connectivity index (χ0v) is 19.2. The first-order chi connectivity index (χ1) is 14.6. The van der Waals surface area contributed by atoms with Crippen molar-refractivity contribution in [1.82, 2.24) is 4.98 Å². The van der Waals surface area contributed by atoms with Gasteiger partial charge in [0.15, 0.2) is 0 Å². The van der Waals surface area contributed by atoms with E-state index >= 15 is 0 Å². The molecule has 0 saturated carbocycles. The van der Waals surface area contributed by atoms with E-state index in [-0.39, 0.29) is 10.8 Å². The molecule has 3 nitrogen and oxygen atoms in total. The number of hydrogen-bond acceptors (Lipinski definition) is 1. The molecule has 0 unspecified atom stereocenters. The van der Waals surface area contributed by atoms with Gasteiger partial charge in [0.25, 0.3) is 0 Å². The van der Waals surface area contributed by atoms with Crippen LogP contribution in [-0.4, -0.2) is 15.5 Å². The lowest BCUT2D eigenvalue weighted by atomic mass is 9.83. The summed E-state index contributed by atoms with van der Waals surface area (Å²) in [5, 5.41) is 2.00. The van der Waals surface area contributed by atoms with Gasteiger partial charge in [0.1, 0.15) is 0 Å². The summed E-state index contributed by atoms with van der Waals surface area (Å²) in [7, 11) is 0. The van der Waals surface area contributed by atoms with Crippen molar-refractivity contribution in [3.05, 3.63) is 94.5 Å². The number of pyridine rings is 1. The molecule has 0 aliphatic carbocycles. The van der Waals surface area contributed by atoms with Crippen LogP contribution >= 0.6 is 0 Å². The van der Waals surface area contributed by atoms with Gasteiger partial charge in [-0.3, -0.25) is 0 Å². The van der Waals surface area contributed by atoms with E-state index in [2.05, 4.69) is 82.7 Å². The summed E-state index contributed by atoms with van der Waals surface area (Å²) in [5.74, 6) is 0. The molecule has 3 heteroatoms. The zero-order chi connectivity index (χ0) is 22.4. The van der Waals surface area contributed by atoms with Crippen molar-refractivity contribution in [2.75, 3.05) is 0 Å². The Morgan fingerprint density at radius 2 is 1.19 bits per heavy atom. The standard InChI is InChI=1S/C28H29N3/c1-27(2,3)19-12-14-23-21(16-19)25(26(31-29)18-10-8-7-9-11-18)22-17-20(28(4,5)6)13-15-24(22)30-23/h7-17H,1-6H3. The van der Waals surface area contributed by atoms with Crippen LogP contribution in [0, 0.1) is 0 Å². The lowest BCUT2D eigenvalue weighted by Crippen LogP contribution is -2.13. The van der Waals surface area contributed by atoms with Crippen LogP contribution in [0.1, 0.15) is 63.8 Å². The van der Waals surface area contributed by atoms with Crippen molar-refractivity contribution in [3.8, 4) is 0 Å². The molecule has 0 radical (unpaired) electrons. The zero-order valence-electron chi connectivity index (χ0n) is 19.2. The Hall–Kier alpha value is -3.29. The molecular formula is C28H29N3. The molecule has 0 bridgehead atoms. The fourth-order valence-electron chi connectivity index (χ4n) is 3.98. The average molecular weight is 408 g/mol. The predicted molar refractivity (Wildman–Crippen MR) is 130 cm³/mol. The van der Waals surface area contributed by atoms with Crippen molar-refractivity contribution >= 4 is 27.5 Å². The van der Waals surface area contributed by atoms with Gasteiger partial charge in [0.05, 0.1) is 22.2 Å². The summed E-state index contributed by atoms with van der Waals surface area (Å²) in [6.07, 6.45) is 0. The minimum atomic E-state index is -0.00303. The smallest absolute Gasteiger partial charge is 0.331 e. The van der Waals surface area contributed by atoms with Gasteiger partial charge < -0.3 is 5.53 Å². The van der Waals surface area contributed by atoms with Gasteiger partial charge in [-0.2, -0.15) is 4.79 Å². The summed E-state index contributed by atoms with van der Waals surface area (Å²) in [6, 6.07) is 22.7. The number of aromatic nitrogens is 1. The third-order valence-electron chi connectivity index (χ3n) is 5.89. The van der Waals surface area contributed by atoms with Crippen LogP contribution in [0.2, 0.25) is 0 Å². The Morgan fingerprint density at radius 1 is 0.710 bits per heavy atom. The molecule has 0 fully saturated rings. The summed E-state index contributed by atoms with van der Waals surface area (Å²) in [6.45, 7) is 13.2. The molecule has 0 spiro atoms. The highest BCUT2D eigenvalue weighted by molar-refractivity contribution is 6.23. The Labute approximate surface area is 184 Å². The van der Waals surface area contributed by atoms with E-state index in [1.54, 1.807) is 0 Å². The van der Waals surface area contributed by atoms with Gasteiger partial charge in [0.2, 0.25) is 0 Å². The fourth-order valence-corrected chi connectivity index (χ4v) is 3.98. The van der Waals surface area contributed by atoms with Crippen molar-refractivity contribution in [2.24, 2.45) is 0 Å². The third kappa shape index (κ3) is 3.89. The molecule has 3 aromatic carbocycles. The Kier molecular flexibility index (Phi) is 5.03. The Bertz CT molecular complexity index is 1260. The summed E-state index contributed by atoms with van der Waals surface area (Å²) >= 11 is 0. The number of benzene rings is 3. The molecule has 1 heterocycles. The molecule has 0 aliphatic heterocycles. The van der Waals surface area contributed by atoms with Crippen LogP contribution in [0.15, 0.2) is 66.7 Å². The third-order valence-corrected chi connectivity index (χ3v) is 5.89. The van der Waals surface area contributed by atoms with Crippen LogP contribution in [0.25, 0.3) is 27.3 Å². The van der Waals surface area contributed by atoms with Gasteiger partial charge >= 0.3 is 5.71 Å². The molecule has 4 rings (SSSR count). The van der Waals surface area contributed by atoms with Crippen molar-refractivity contribution in [3.63, 3.8) is 0 Å². The molecule has 0 atom stereocenters. The number of hydrogen-bond donors (Lipinski definition) is 0. The highest BCUT2D eigenvalue weighted by Crippen LogP contribution is 2.34. The van der Waals surface area contributed by atoms with Gasteiger partial charge in [-0.25, -0.2) is 4.98 Å². The highest BCUT2D eigenvalue weighted by Gasteiger charge is 2.25. The number of nitrogens with zero attached hydrogens (tertiary/aromatic N) is 3. The lowest BCUT2D eigenvalue weighted by Gasteiger charge is -2.21. The van der Waals surface area contributed by atoms with Crippen LogP contribution in [0.5, 0.6) is 0 Å². The maximum absolute atomic E-state index is 10.2. The second kappa shape index (κ2) is 7.44. The maximum Gasteiger partial charge on any atom is 0.331 e. The van der Waals surface area contributed by atoms with Crippen molar-refractivity contribution in [1.29, 1.82) is 0 Å². The van der Waals surface area contributed by atoms with Crippen molar-refractivity contribution in [2.45, 2.75) is 52.4 Å². The molecule has 156 valence electrons. The fraction of sp³-hybridized carbons (Fsp3) is 0.286. The number of fused-ring (bicyclic) bond motifs is 2. The number of rotatable bonds is 2. The predicted octanol–water partition coefficient (Wildman–Crippen LogP) is 7.05. The summed E-state index contributed by atoms with van der Waals surface area (Å²) in [4.78, 5) is 8.76. The molecule has 0 N–H and O–H groups in total. The van der Waals surface area contributed by atoms with E-state index in [1.807, 2.05) is 30.3 Å². The first-order valence-corrected chi connectivity index (χ1v) is 10.8. The van der Waals surface area contributed by atoms with Gasteiger partial charge in [0, 0.05) is 10.8 Å². The first-order valence-electron chi connectivity index (χ1n) is 10.8. The second-order valence-electron chi connectivity index (χ2n) is 10.3. The van der Waals surface area contributed by atoms with Crippen LogP contribution < -0.4 is 0 Å². The van der Waals surface area contributed by atoms with Crippen LogP contribution in [-0.2, 0) is 10.8 Å². The molecule has 0 amide bonds. The van der Waals surface area contributed by atoms with E-state index in [0.717, 1.165) is 32.9 Å². The summed E-state index contributed by atoms with van der Waals surface area (Å²) < 4.78 is 0. The highest BCUT2D eigenvalue weighted by atomic mass is 14.9. The SMILES string of the molecule is CC(C)(C)c1ccc2nc3ccc(C(C)(C)C)cc3c(C(=[N+]=[N-])c3ccccc3)c2c1. The van der Waals surface area contributed by atoms with Gasteiger partial charge in [-0.1, -0.05) is 71.9 Å². The molecule has 0 aliphatic rings. The molecular weight excluding hydrogens is 378 g/mol. The molecule has 4 aromatic rings. The lowest BCUT2D eigenvalue weighted by molar-refractivity contribution is -0.00256.